The Morgan fingerprint density at radius 2 is 1.88 bits per heavy atom. The molecule has 3 N–H and O–H groups in total. The van der Waals surface area contributed by atoms with Crippen LogP contribution in [0, 0.1) is 11.3 Å². The second kappa shape index (κ2) is 7.00. The van der Waals surface area contributed by atoms with Crippen LogP contribution in [0.25, 0.3) is 0 Å². The fourth-order valence-corrected chi connectivity index (χ4v) is 2.73. The normalized spacial score (nSPS) is 16.6. The van der Waals surface area contributed by atoms with Crippen LogP contribution in [0.15, 0.2) is 0 Å². The predicted molar refractivity (Wildman–Crippen MR) is 71.7 cm³/mol. The summed E-state index contributed by atoms with van der Waals surface area (Å²) in [5, 5.41) is 3.13. The Morgan fingerprint density at radius 1 is 1.29 bits per heavy atom. The summed E-state index contributed by atoms with van der Waals surface area (Å²) in [5.74, 6) is 0.910. The summed E-state index contributed by atoms with van der Waals surface area (Å²) in [4.78, 5) is 12.3. The smallest absolute Gasteiger partial charge is 0.227 e. The Labute approximate surface area is 106 Å². The maximum Gasteiger partial charge on any atom is 0.227 e. The van der Waals surface area contributed by atoms with Gasteiger partial charge >= 0.3 is 0 Å². The minimum Gasteiger partial charge on any atom is -0.355 e. The van der Waals surface area contributed by atoms with E-state index in [0.29, 0.717) is 6.54 Å². The number of rotatable bonds is 8. The van der Waals surface area contributed by atoms with Gasteiger partial charge in [0.2, 0.25) is 5.91 Å². The fraction of sp³-hybridized carbons (Fsp3) is 0.929. The molecule has 0 unspecified atom stereocenters. The summed E-state index contributed by atoms with van der Waals surface area (Å²) in [6, 6.07) is 0. The average Bonchev–Trinajstić information content (AvgIpc) is 2.26. The van der Waals surface area contributed by atoms with Gasteiger partial charge in [-0.2, -0.15) is 0 Å². The van der Waals surface area contributed by atoms with Gasteiger partial charge in [0, 0.05) is 13.1 Å². The molecule has 0 aromatic heterocycles. The maximum absolute atomic E-state index is 12.3. The monoisotopic (exact) mass is 240 g/mol. The Hall–Kier alpha value is -0.570. The number of hydrogen-bond donors (Lipinski definition) is 2. The van der Waals surface area contributed by atoms with Crippen molar-refractivity contribution in [2.45, 2.75) is 58.8 Å². The van der Waals surface area contributed by atoms with Crippen LogP contribution < -0.4 is 11.1 Å². The quantitative estimate of drug-likeness (QED) is 0.684. The lowest BCUT2D eigenvalue weighted by atomic mass is 9.78. The molecule has 100 valence electrons. The minimum atomic E-state index is -0.312. The summed E-state index contributed by atoms with van der Waals surface area (Å²) in [7, 11) is 0. The largest absolute Gasteiger partial charge is 0.355 e. The number of nitrogens with one attached hydrogen (secondary N) is 1. The van der Waals surface area contributed by atoms with E-state index in [-0.39, 0.29) is 11.3 Å². The second-order valence-electron chi connectivity index (χ2n) is 5.49. The van der Waals surface area contributed by atoms with Crippen molar-refractivity contribution in [3.63, 3.8) is 0 Å². The van der Waals surface area contributed by atoms with E-state index in [4.69, 9.17) is 5.73 Å². The van der Waals surface area contributed by atoms with Gasteiger partial charge in [-0.25, -0.2) is 0 Å². The van der Waals surface area contributed by atoms with Gasteiger partial charge in [0.25, 0.3) is 0 Å². The van der Waals surface area contributed by atoms with Crippen LogP contribution in [-0.2, 0) is 4.79 Å². The summed E-state index contributed by atoms with van der Waals surface area (Å²) < 4.78 is 0. The molecule has 1 rings (SSSR count). The predicted octanol–water partition coefficient (Wildman–Crippen LogP) is 2.45. The van der Waals surface area contributed by atoms with E-state index in [0.717, 1.165) is 38.1 Å². The molecule has 3 heteroatoms. The molecule has 0 bridgehead atoms. The molecule has 3 nitrogen and oxygen atoms in total. The molecule has 17 heavy (non-hydrogen) atoms. The fourth-order valence-electron chi connectivity index (χ4n) is 2.73. The molecule has 0 radical (unpaired) electrons. The first-order chi connectivity index (χ1) is 8.18. The molecule has 1 aliphatic rings. The number of amides is 1. The van der Waals surface area contributed by atoms with Crippen LogP contribution in [0.2, 0.25) is 0 Å². The minimum absolute atomic E-state index is 0.190. The van der Waals surface area contributed by atoms with Crippen molar-refractivity contribution in [1.29, 1.82) is 0 Å². The van der Waals surface area contributed by atoms with Gasteiger partial charge in [-0.3, -0.25) is 4.79 Å². The summed E-state index contributed by atoms with van der Waals surface area (Å²) >= 11 is 0. The zero-order chi connectivity index (χ0) is 12.7. The van der Waals surface area contributed by atoms with Gasteiger partial charge in [-0.15, -0.1) is 0 Å². The van der Waals surface area contributed by atoms with E-state index in [1.54, 1.807) is 0 Å². The molecule has 0 atom stereocenters. The van der Waals surface area contributed by atoms with Crippen LogP contribution in [0.3, 0.4) is 0 Å². The first kappa shape index (κ1) is 14.5. The van der Waals surface area contributed by atoms with Gasteiger partial charge in [-0.05, 0) is 31.6 Å². The number of carbonyl (C=O) groups is 1. The second-order valence-corrected chi connectivity index (χ2v) is 5.49. The molecule has 0 aromatic carbocycles. The third kappa shape index (κ3) is 3.70. The first-order valence-corrected chi connectivity index (χ1v) is 7.17. The zero-order valence-corrected chi connectivity index (χ0v) is 11.4. The Morgan fingerprint density at radius 3 is 2.24 bits per heavy atom. The molecule has 0 aromatic rings. The standard InChI is InChI=1S/C14H28N2O/c1-3-8-14(11-15,9-4-2)13(17)16-10-12-6-5-7-12/h12H,3-11,15H2,1-2H3,(H,16,17). The third-order valence-corrected chi connectivity index (χ3v) is 4.11. The molecule has 0 saturated heterocycles. The van der Waals surface area contributed by atoms with Gasteiger partial charge in [-0.1, -0.05) is 33.1 Å². The van der Waals surface area contributed by atoms with Crippen molar-refractivity contribution in [3.8, 4) is 0 Å². The van der Waals surface area contributed by atoms with Crippen molar-refractivity contribution in [3.05, 3.63) is 0 Å². The highest BCUT2D eigenvalue weighted by molar-refractivity contribution is 5.82. The van der Waals surface area contributed by atoms with Crippen molar-refractivity contribution in [2.75, 3.05) is 13.1 Å². The third-order valence-electron chi connectivity index (χ3n) is 4.11. The van der Waals surface area contributed by atoms with Crippen molar-refractivity contribution in [2.24, 2.45) is 17.1 Å². The molecule has 0 aliphatic heterocycles. The molecule has 1 fully saturated rings. The van der Waals surface area contributed by atoms with Gasteiger partial charge in [0.05, 0.1) is 5.41 Å². The topological polar surface area (TPSA) is 55.1 Å². The lowest BCUT2D eigenvalue weighted by molar-refractivity contribution is -0.131. The molecule has 1 saturated carbocycles. The molecular formula is C14H28N2O. The van der Waals surface area contributed by atoms with Crippen LogP contribution in [-0.4, -0.2) is 19.0 Å². The Balaban J connectivity index is 2.50. The van der Waals surface area contributed by atoms with Crippen molar-refractivity contribution < 1.29 is 4.79 Å². The van der Waals surface area contributed by atoms with Crippen LogP contribution in [0.1, 0.15) is 58.8 Å². The lowest BCUT2D eigenvalue weighted by Gasteiger charge is -2.33. The van der Waals surface area contributed by atoms with Crippen LogP contribution in [0.5, 0.6) is 0 Å². The highest BCUT2D eigenvalue weighted by Gasteiger charge is 2.35. The number of nitrogens with two attached hydrogens (primary N) is 1. The van der Waals surface area contributed by atoms with Gasteiger partial charge in [0.1, 0.15) is 0 Å². The molecular weight excluding hydrogens is 212 g/mol. The average molecular weight is 240 g/mol. The van der Waals surface area contributed by atoms with E-state index < -0.39 is 0 Å². The lowest BCUT2D eigenvalue weighted by Crippen LogP contribution is -2.47. The Kier molecular flexibility index (Phi) is 5.96. The summed E-state index contributed by atoms with van der Waals surface area (Å²) in [6.07, 6.45) is 7.74. The van der Waals surface area contributed by atoms with Crippen LogP contribution in [0.4, 0.5) is 0 Å². The molecule has 1 amide bonds. The summed E-state index contributed by atoms with van der Waals surface area (Å²) in [6.45, 7) is 5.58. The maximum atomic E-state index is 12.3. The first-order valence-electron chi connectivity index (χ1n) is 7.17. The molecule has 0 spiro atoms. The zero-order valence-electron chi connectivity index (χ0n) is 11.4. The highest BCUT2D eigenvalue weighted by atomic mass is 16.2. The van der Waals surface area contributed by atoms with Gasteiger partial charge in [0.15, 0.2) is 0 Å². The van der Waals surface area contributed by atoms with Crippen LogP contribution >= 0.6 is 0 Å². The van der Waals surface area contributed by atoms with E-state index in [2.05, 4.69) is 19.2 Å². The molecule has 1 aliphatic carbocycles. The van der Waals surface area contributed by atoms with E-state index in [9.17, 15) is 4.79 Å². The van der Waals surface area contributed by atoms with E-state index in [1.807, 2.05) is 0 Å². The number of carbonyl (C=O) groups excluding carboxylic acids is 1. The Bertz CT molecular complexity index is 230. The highest BCUT2D eigenvalue weighted by Crippen LogP contribution is 2.30. The summed E-state index contributed by atoms with van der Waals surface area (Å²) in [5.41, 5.74) is 5.56. The SMILES string of the molecule is CCCC(CN)(CCC)C(=O)NCC1CCC1. The number of hydrogen-bond acceptors (Lipinski definition) is 2. The molecule has 0 heterocycles. The van der Waals surface area contributed by atoms with Crippen molar-refractivity contribution >= 4 is 5.91 Å². The van der Waals surface area contributed by atoms with E-state index in [1.165, 1.54) is 19.3 Å². The van der Waals surface area contributed by atoms with E-state index >= 15 is 0 Å². The van der Waals surface area contributed by atoms with Gasteiger partial charge < -0.3 is 11.1 Å². The van der Waals surface area contributed by atoms with Crippen molar-refractivity contribution in [1.82, 2.24) is 5.32 Å².